The van der Waals surface area contributed by atoms with E-state index in [4.69, 9.17) is 10.6 Å². The minimum absolute atomic E-state index is 0.308. The molecular weight excluding hydrogens is 302 g/mol. The predicted octanol–water partition coefficient (Wildman–Crippen LogP) is 1.97. The van der Waals surface area contributed by atoms with Crippen LogP contribution in [0.3, 0.4) is 0 Å². The van der Waals surface area contributed by atoms with Gasteiger partial charge in [0.25, 0.3) is 0 Å². The van der Waals surface area contributed by atoms with Gasteiger partial charge >= 0.3 is 0 Å². The fourth-order valence-electron chi connectivity index (χ4n) is 2.65. The van der Waals surface area contributed by atoms with E-state index in [9.17, 15) is 5.11 Å². The van der Waals surface area contributed by atoms with E-state index in [-0.39, 0.29) is 0 Å². The number of aliphatic imine (C=N–C) groups is 1. The Morgan fingerprint density at radius 3 is 2.29 bits per heavy atom. The van der Waals surface area contributed by atoms with Gasteiger partial charge in [-0.1, -0.05) is 36.4 Å². The number of ether oxygens (including phenoxy) is 1. The molecule has 0 spiro atoms. The van der Waals surface area contributed by atoms with Crippen LogP contribution >= 0.6 is 0 Å². The highest BCUT2D eigenvalue weighted by atomic mass is 16.5. The molecule has 0 saturated heterocycles. The van der Waals surface area contributed by atoms with E-state index < -0.39 is 6.10 Å². The first kappa shape index (κ1) is 16.5. The molecule has 0 bridgehead atoms. The number of aliphatic hydroxyl groups excluding tert-OH is 1. The minimum atomic E-state index is -0.461. The molecule has 24 heavy (non-hydrogen) atoms. The Bertz CT molecular complexity index is 694. The Morgan fingerprint density at radius 1 is 1.12 bits per heavy atom. The molecule has 1 atom stereocenters. The number of rotatable bonds is 6. The summed E-state index contributed by atoms with van der Waals surface area (Å²) in [6, 6.07) is 16.3. The van der Waals surface area contributed by atoms with Crippen LogP contribution in [0, 0.1) is 0 Å². The molecule has 1 unspecified atom stereocenters. The number of nitrogens with two attached hydrogens (primary N) is 1. The molecule has 1 aliphatic rings. The van der Waals surface area contributed by atoms with Crippen LogP contribution in [-0.2, 0) is 6.42 Å². The smallest absolute Gasteiger partial charge is 0.145 e. The zero-order chi connectivity index (χ0) is 16.9. The van der Waals surface area contributed by atoms with E-state index in [2.05, 4.69) is 29.3 Å². The summed E-state index contributed by atoms with van der Waals surface area (Å²) in [5, 5.41) is 10.9. The number of nitrogens with zero attached hydrogens (tertiary/aromatic N) is 2. The van der Waals surface area contributed by atoms with Gasteiger partial charge in [0, 0.05) is 5.56 Å². The van der Waals surface area contributed by atoms with E-state index in [1.165, 1.54) is 11.1 Å². The van der Waals surface area contributed by atoms with E-state index in [1.807, 2.05) is 24.3 Å². The van der Waals surface area contributed by atoms with E-state index >= 15 is 0 Å². The number of amidine groups is 1. The van der Waals surface area contributed by atoms with Crippen molar-refractivity contribution in [3.8, 4) is 5.75 Å². The molecule has 2 aromatic rings. The van der Waals surface area contributed by atoms with Gasteiger partial charge in [-0.3, -0.25) is 10.0 Å². The van der Waals surface area contributed by atoms with E-state index in [1.54, 1.807) is 11.9 Å². The maximum Gasteiger partial charge on any atom is 0.145 e. The second-order valence-electron chi connectivity index (χ2n) is 6.08. The lowest BCUT2D eigenvalue weighted by Crippen LogP contribution is -2.34. The molecule has 0 fully saturated rings. The summed E-state index contributed by atoms with van der Waals surface area (Å²) in [7, 11) is 0. The van der Waals surface area contributed by atoms with Gasteiger partial charge in [-0.15, -0.1) is 0 Å². The van der Waals surface area contributed by atoms with Crippen LogP contribution in [0.2, 0.25) is 0 Å². The van der Waals surface area contributed by atoms with Gasteiger partial charge in [0.2, 0.25) is 0 Å². The average Bonchev–Trinajstić information content (AvgIpc) is 3.01. The number of hydrazine groups is 1. The Kier molecular flexibility index (Phi) is 5.13. The lowest BCUT2D eigenvalue weighted by molar-refractivity contribution is 0.122. The van der Waals surface area contributed by atoms with Crippen molar-refractivity contribution in [1.29, 1.82) is 0 Å². The molecule has 3 rings (SSSR count). The van der Waals surface area contributed by atoms with Crippen LogP contribution in [0.15, 0.2) is 53.5 Å². The lowest BCUT2D eigenvalue weighted by atomic mass is 10.0. The first-order valence-corrected chi connectivity index (χ1v) is 8.17. The maximum absolute atomic E-state index is 9.24. The largest absolute Gasteiger partial charge is 0.491 e. The quantitative estimate of drug-likeness (QED) is 0.797. The van der Waals surface area contributed by atoms with Gasteiger partial charge in [0.1, 0.15) is 18.2 Å². The van der Waals surface area contributed by atoms with Gasteiger partial charge in [-0.2, -0.15) is 0 Å². The van der Waals surface area contributed by atoms with Crippen LogP contribution in [0.1, 0.15) is 23.6 Å². The molecule has 0 aliphatic carbocycles. The molecule has 2 aromatic carbocycles. The molecule has 0 amide bonds. The molecule has 5 nitrogen and oxygen atoms in total. The second-order valence-corrected chi connectivity index (χ2v) is 6.08. The number of benzene rings is 2. The van der Waals surface area contributed by atoms with Gasteiger partial charge in [0.15, 0.2) is 0 Å². The summed E-state index contributed by atoms with van der Waals surface area (Å²) >= 11 is 0. The minimum Gasteiger partial charge on any atom is -0.491 e. The molecule has 0 radical (unpaired) electrons. The zero-order valence-electron chi connectivity index (χ0n) is 13.9. The predicted molar refractivity (Wildman–Crippen MR) is 95.2 cm³/mol. The van der Waals surface area contributed by atoms with Crippen LogP contribution in [0.25, 0.3) is 0 Å². The summed E-state index contributed by atoms with van der Waals surface area (Å²) in [6.45, 7) is 3.56. The van der Waals surface area contributed by atoms with Crippen molar-refractivity contribution in [2.75, 3.05) is 19.7 Å². The molecule has 126 valence electrons. The summed E-state index contributed by atoms with van der Waals surface area (Å²) in [5.74, 6) is 7.54. The van der Waals surface area contributed by atoms with E-state index in [0.29, 0.717) is 6.61 Å². The molecule has 5 heteroatoms. The first-order chi connectivity index (χ1) is 11.6. The molecule has 3 N–H and O–H groups in total. The van der Waals surface area contributed by atoms with Gasteiger partial charge < -0.3 is 9.84 Å². The standard InChI is InChI=1S/C19H23N3O2/c1-14(23)13-24-18-8-4-16(5-9-18)12-15-2-6-17(7-3-15)19-21-10-11-22(19)20/h2-9,14,23H,10-13,20H2,1H3. The van der Waals surface area contributed by atoms with Crippen molar-refractivity contribution >= 4 is 5.84 Å². The van der Waals surface area contributed by atoms with Crippen molar-refractivity contribution in [1.82, 2.24) is 5.01 Å². The zero-order valence-corrected chi connectivity index (χ0v) is 13.9. The summed E-state index contributed by atoms with van der Waals surface area (Å²) in [4.78, 5) is 4.43. The summed E-state index contributed by atoms with van der Waals surface area (Å²) in [6.07, 6.45) is 0.396. The third kappa shape index (κ3) is 4.13. The Labute approximate surface area is 142 Å². The Morgan fingerprint density at radius 2 is 1.75 bits per heavy atom. The SMILES string of the molecule is CC(O)COc1ccc(Cc2ccc(C3=NCCN3N)cc2)cc1. The van der Waals surface area contributed by atoms with Gasteiger partial charge in [-0.25, -0.2) is 5.84 Å². The number of hydrogen-bond donors (Lipinski definition) is 2. The molecule has 0 aromatic heterocycles. The molecule has 1 heterocycles. The highest BCUT2D eigenvalue weighted by Gasteiger charge is 2.14. The van der Waals surface area contributed by atoms with Crippen molar-refractivity contribution in [2.45, 2.75) is 19.4 Å². The van der Waals surface area contributed by atoms with Gasteiger partial charge in [0.05, 0.1) is 19.2 Å². The fraction of sp³-hybridized carbons (Fsp3) is 0.316. The first-order valence-electron chi connectivity index (χ1n) is 8.17. The van der Waals surface area contributed by atoms with Crippen LogP contribution < -0.4 is 10.6 Å². The van der Waals surface area contributed by atoms with E-state index in [0.717, 1.165) is 36.7 Å². The van der Waals surface area contributed by atoms with Crippen molar-refractivity contribution in [2.24, 2.45) is 10.8 Å². The third-order valence-corrected chi connectivity index (χ3v) is 3.91. The molecule has 1 aliphatic heterocycles. The maximum atomic E-state index is 9.24. The monoisotopic (exact) mass is 325 g/mol. The molecule has 0 saturated carbocycles. The molecular formula is C19H23N3O2. The van der Waals surface area contributed by atoms with Crippen molar-refractivity contribution < 1.29 is 9.84 Å². The van der Waals surface area contributed by atoms with Crippen LogP contribution in [0.5, 0.6) is 5.75 Å². The van der Waals surface area contributed by atoms with Crippen molar-refractivity contribution in [3.63, 3.8) is 0 Å². The average molecular weight is 325 g/mol. The topological polar surface area (TPSA) is 71.1 Å². The Hall–Kier alpha value is -2.37. The lowest BCUT2D eigenvalue weighted by Gasteiger charge is -2.13. The summed E-state index contributed by atoms with van der Waals surface area (Å²) in [5.41, 5.74) is 3.50. The Balaban J connectivity index is 1.61. The van der Waals surface area contributed by atoms with Crippen LogP contribution in [-0.4, -0.2) is 41.8 Å². The fourth-order valence-corrected chi connectivity index (χ4v) is 2.65. The number of aliphatic hydroxyl groups is 1. The third-order valence-electron chi connectivity index (χ3n) is 3.91. The second kappa shape index (κ2) is 7.47. The van der Waals surface area contributed by atoms with Crippen molar-refractivity contribution in [3.05, 3.63) is 65.2 Å². The highest BCUT2D eigenvalue weighted by Crippen LogP contribution is 2.17. The normalized spacial score (nSPS) is 15.3. The van der Waals surface area contributed by atoms with Gasteiger partial charge in [-0.05, 0) is 36.6 Å². The number of hydrogen-bond acceptors (Lipinski definition) is 5. The highest BCUT2D eigenvalue weighted by molar-refractivity contribution is 5.99. The summed E-state index contributed by atoms with van der Waals surface area (Å²) < 4.78 is 5.48. The van der Waals surface area contributed by atoms with Crippen LogP contribution in [0.4, 0.5) is 0 Å².